The van der Waals surface area contributed by atoms with Crippen molar-refractivity contribution in [2.24, 2.45) is 9.03 Å². The molecule has 1 N–H and O–H groups in total. The number of hydrogen-bond donors (Lipinski definition) is 1. The van der Waals surface area contributed by atoms with E-state index in [1.807, 2.05) is 45.3 Å². The highest BCUT2D eigenvalue weighted by molar-refractivity contribution is 8.10. The SMILES string of the molecule is c1csc(P2(c3cccs3)=N[P+](c3cccs3)(c3cccs3)NP(c3cccs3)(c3cccs3)=N2)c1. The van der Waals surface area contributed by atoms with Crippen molar-refractivity contribution in [3.8, 4) is 0 Å². The van der Waals surface area contributed by atoms with Gasteiger partial charge in [-0.15, -0.1) is 72.9 Å². The van der Waals surface area contributed by atoms with Gasteiger partial charge in [0.05, 0.1) is 18.5 Å². The van der Waals surface area contributed by atoms with Crippen molar-refractivity contribution in [3.05, 3.63) is 105 Å². The number of rotatable bonds is 6. The van der Waals surface area contributed by atoms with E-state index >= 15 is 0 Å². The quantitative estimate of drug-likeness (QED) is 0.185. The minimum Gasteiger partial charge on any atom is -0.220 e. The van der Waals surface area contributed by atoms with Crippen molar-refractivity contribution < 1.29 is 0 Å². The maximum Gasteiger partial charge on any atom is 0.292 e. The molecule has 0 amide bonds. The van der Waals surface area contributed by atoms with E-state index in [0.717, 1.165) is 0 Å². The van der Waals surface area contributed by atoms with Crippen LogP contribution in [0.3, 0.4) is 0 Å². The Hall–Kier alpha value is -0.950. The third-order valence-electron chi connectivity index (χ3n) is 5.74. The molecule has 36 heavy (non-hydrogen) atoms. The molecule has 0 bridgehead atoms. The van der Waals surface area contributed by atoms with Crippen LogP contribution in [0.4, 0.5) is 0 Å². The van der Waals surface area contributed by atoms with Crippen LogP contribution >= 0.6 is 90.0 Å². The summed E-state index contributed by atoms with van der Waals surface area (Å²) in [6.45, 7) is 0. The topological polar surface area (TPSA) is 36.8 Å². The first kappa shape index (κ1) is 24.1. The third-order valence-corrected chi connectivity index (χ3v) is 27.6. The van der Waals surface area contributed by atoms with Gasteiger partial charge in [0.25, 0.3) is 7.56 Å². The Bertz CT molecular complexity index is 1560. The number of nitrogens with one attached hydrogen (secondary N) is 1. The predicted molar refractivity (Wildman–Crippen MR) is 172 cm³/mol. The molecule has 180 valence electrons. The molecule has 12 heteroatoms. The van der Waals surface area contributed by atoms with Crippen LogP contribution in [-0.2, 0) is 0 Å². The number of thiophene rings is 6. The Morgan fingerprint density at radius 3 is 1.33 bits per heavy atom. The van der Waals surface area contributed by atoms with Crippen molar-refractivity contribution in [2.45, 2.75) is 0 Å². The van der Waals surface area contributed by atoms with Crippen molar-refractivity contribution in [3.63, 3.8) is 0 Å². The van der Waals surface area contributed by atoms with Crippen molar-refractivity contribution in [1.29, 1.82) is 0 Å². The Balaban J connectivity index is 1.71. The average Bonchev–Trinajstić information content (AvgIpc) is 3.80. The first-order chi connectivity index (χ1) is 17.8. The second-order valence-electron chi connectivity index (χ2n) is 7.86. The van der Waals surface area contributed by atoms with Crippen LogP contribution in [0, 0.1) is 0 Å². The molecule has 0 spiro atoms. The van der Waals surface area contributed by atoms with E-state index in [0.29, 0.717) is 0 Å². The van der Waals surface area contributed by atoms with Crippen LogP contribution in [0.25, 0.3) is 0 Å². The van der Waals surface area contributed by atoms with Crippen LogP contribution in [0.15, 0.2) is 114 Å². The molecule has 0 radical (unpaired) electrons. The molecule has 0 unspecified atom stereocenters. The first-order valence-electron chi connectivity index (χ1n) is 11.0. The Morgan fingerprint density at radius 2 is 0.944 bits per heavy atom. The number of nitrogens with zero attached hydrogens (tertiary/aromatic N) is 2. The lowest BCUT2D eigenvalue weighted by Crippen LogP contribution is -2.36. The largest absolute Gasteiger partial charge is 0.292 e. The van der Waals surface area contributed by atoms with Gasteiger partial charge in [-0.25, -0.2) is 4.52 Å². The summed E-state index contributed by atoms with van der Waals surface area (Å²) < 4.78 is 20.0. The van der Waals surface area contributed by atoms with Gasteiger partial charge in [0.15, 0.2) is 16.4 Å². The molecular weight excluding hydrogens is 616 g/mol. The van der Waals surface area contributed by atoms with E-state index in [9.17, 15) is 0 Å². The summed E-state index contributed by atoms with van der Waals surface area (Å²) in [6.07, 6.45) is 0. The average molecular weight is 635 g/mol. The minimum absolute atomic E-state index is 1.29. The van der Waals surface area contributed by atoms with Crippen LogP contribution in [0.5, 0.6) is 0 Å². The number of hydrogen-bond acceptors (Lipinski definition) is 9. The third kappa shape index (κ3) is 3.76. The fourth-order valence-electron chi connectivity index (χ4n) is 4.24. The molecule has 7 heterocycles. The fourth-order valence-corrected chi connectivity index (χ4v) is 31.2. The van der Waals surface area contributed by atoms with E-state index < -0.39 is 22.0 Å². The van der Waals surface area contributed by atoms with Gasteiger partial charge in [0.1, 0.15) is 7.21 Å². The zero-order valence-corrected chi connectivity index (χ0v) is 26.2. The van der Waals surface area contributed by atoms with Gasteiger partial charge in [-0.3, -0.25) is 0 Å². The molecule has 0 fully saturated rings. The van der Waals surface area contributed by atoms with Gasteiger partial charge in [0, 0.05) is 0 Å². The van der Waals surface area contributed by atoms with Gasteiger partial charge >= 0.3 is 0 Å². The lowest BCUT2D eigenvalue weighted by atomic mass is 10.7. The highest BCUT2D eigenvalue weighted by atomic mass is 32.1. The highest BCUT2D eigenvalue weighted by Gasteiger charge is 2.58. The molecule has 6 aromatic rings. The van der Waals surface area contributed by atoms with Crippen molar-refractivity contribution in [1.82, 2.24) is 4.86 Å². The van der Waals surface area contributed by atoms with Gasteiger partial charge in [-0.2, -0.15) is 0 Å². The van der Waals surface area contributed by atoms with E-state index in [1.54, 1.807) is 22.7 Å². The lowest BCUT2D eigenvalue weighted by Gasteiger charge is -2.36. The summed E-state index contributed by atoms with van der Waals surface area (Å²) >= 11 is 10.9. The minimum atomic E-state index is -2.46. The van der Waals surface area contributed by atoms with Crippen molar-refractivity contribution in [2.75, 3.05) is 0 Å². The first-order valence-corrected chi connectivity index (χ1v) is 21.4. The Labute approximate surface area is 234 Å². The van der Waals surface area contributed by atoms with Crippen LogP contribution in [-0.4, -0.2) is 0 Å². The second kappa shape index (κ2) is 9.66. The molecule has 1 aliphatic rings. The van der Waals surface area contributed by atoms with Gasteiger partial charge in [-0.1, -0.05) is 28.8 Å². The van der Waals surface area contributed by atoms with E-state index in [4.69, 9.17) is 9.03 Å². The lowest BCUT2D eigenvalue weighted by molar-refractivity contribution is 1.52. The molecular formula is C24H19N3P3S6+. The van der Waals surface area contributed by atoms with E-state index in [1.165, 1.54) is 27.7 Å². The van der Waals surface area contributed by atoms with Crippen LogP contribution in [0.2, 0.25) is 0 Å². The van der Waals surface area contributed by atoms with Crippen molar-refractivity contribution >= 4 is 118 Å². The van der Waals surface area contributed by atoms with Crippen LogP contribution < -0.4 is 32.6 Å². The molecule has 0 saturated carbocycles. The summed E-state index contributed by atoms with van der Waals surface area (Å²) in [4.78, 5) is 4.34. The molecule has 0 aliphatic carbocycles. The molecule has 1 aliphatic heterocycles. The molecule has 0 atom stereocenters. The molecule has 7 rings (SSSR count). The zero-order valence-electron chi connectivity index (χ0n) is 18.6. The zero-order chi connectivity index (χ0) is 24.1. The Morgan fingerprint density at radius 1 is 0.528 bits per heavy atom. The monoisotopic (exact) mass is 634 g/mol. The van der Waals surface area contributed by atoms with Gasteiger partial charge < -0.3 is 0 Å². The molecule has 0 saturated heterocycles. The normalized spacial score (nSPS) is 17.9. The van der Waals surface area contributed by atoms with E-state index in [-0.39, 0.29) is 0 Å². The predicted octanol–water partition coefficient (Wildman–Crippen LogP) is 7.99. The molecule has 3 nitrogen and oxygen atoms in total. The smallest absolute Gasteiger partial charge is 0.220 e. The maximum absolute atomic E-state index is 6.05. The van der Waals surface area contributed by atoms with Gasteiger partial charge in [-0.05, 0) is 80.8 Å². The van der Waals surface area contributed by atoms with E-state index in [2.05, 4.69) is 110 Å². The molecule has 6 aromatic heterocycles. The highest BCUT2D eigenvalue weighted by Crippen LogP contribution is 2.78. The summed E-state index contributed by atoms with van der Waals surface area (Å²) in [5.74, 6) is 0. The maximum atomic E-state index is 6.05. The fraction of sp³-hybridized carbons (Fsp3) is 0. The van der Waals surface area contributed by atoms with Gasteiger partial charge in [0.2, 0.25) is 0 Å². The summed E-state index contributed by atoms with van der Waals surface area (Å²) in [5.41, 5.74) is 0. The standard InChI is InChI=1S/C24H19N3P3S6/c1-7-19(31-13-1)28(20-8-2-14-32-20)25-29(21-9-3-15-33-21,22-10-4-16-34-22)27-30(26-28,23-11-5-17-35-23)24-12-6-18-36-24/h1-18,25H/q+1. The second-order valence-corrected chi connectivity index (χ2v) is 24.2. The molecule has 0 aromatic carbocycles. The summed E-state index contributed by atoms with van der Waals surface area (Å²) in [7, 11) is -7.18. The summed E-state index contributed by atoms with van der Waals surface area (Å²) in [5, 5.41) is 13.1. The van der Waals surface area contributed by atoms with Crippen LogP contribution in [0.1, 0.15) is 0 Å². The Kier molecular flexibility index (Phi) is 6.47. The summed E-state index contributed by atoms with van der Waals surface area (Å²) in [6, 6.07) is 26.7.